The molecule has 0 aliphatic carbocycles. The van der Waals surface area contributed by atoms with Crippen LogP contribution in [0.5, 0.6) is 0 Å². The van der Waals surface area contributed by atoms with Crippen LogP contribution in [0.2, 0.25) is 0 Å². The molecule has 2 aromatic rings. The third kappa shape index (κ3) is 2.32. The Morgan fingerprint density at radius 3 is 2.38 bits per heavy atom. The summed E-state index contributed by atoms with van der Waals surface area (Å²) in [5.41, 5.74) is 0.0702. The summed E-state index contributed by atoms with van der Waals surface area (Å²) < 4.78 is 31.9. The molecule has 16 heavy (non-hydrogen) atoms. The fourth-order valence-electron chi connectivity index (χ4n) is 1.48. The Morgan fingerprint density at radius 2 is 1.81 bits per heavy atom. The second kappa shape index (κ2) is 4.78. The molecule has 0 fully saturated rings. The number of rotatable bonds is 3. The van der Waals surface area contributed by atoms with Gasteiger partial charge >= 0.3 is 0 Å². The van der Waals surface area contributed by atoms with E-state index < -0.39 is 11.6 Å². The first-order valence-electron chi connectivity index (χ1n) is 4.79. The third-order valence-corrected chi connectivity index (χ3v) is 3.07. The van der Waals surface area contributed by atoms with Crippen molar-refractivity contribution >= 4 is 15.9 Å². The highest BCUT2D eigenvalue weighted by Crippen LogP contribution is 2.29. The molecule has 0 aliphatic rings. The molecule has 1 atom stereocenters. The maximum absolute atomic E-state index is 13.4. The van der Waals surface area contributed by atoms with Crippen LogP contribution in [0, 0.1) is 11.6 Å². The first-order chi connectivity index (χ1) is 7.68. The Bertz CT molecular complexity index is 448. The monoisotopic (exact) mass is 286 g/mol. The minimum Gasteiger partial charge on any atom is -0.468 e. The van der Waals surface area contributed by atoms with Crippen LogP contribution in [0.1, 0.15) is 16.2 Å². The predicted molar refractivity (Wildman–Crippen MR) is 60.4 cm³/mol. The molecule has 0 saturated carbocycles. The van der Waals surface area contributed by atoms with Crippen molar-refractivity contribution in [2.75, 3.05) is 0 Å². The average Bonchev–Trinajstić information content (AvgIpc) is 2.76. The summed E-state index contributed by atoms with van der Waals surface area (Å²) in [6.45, 7) is 0. The number of alkyl halides is 1. The Hall–Kier alpha value is -1.16. The van der Waals surface area contributed by atoms with Crippen LogP contribution >= 0.6 is 15.9 Å². The second-order valence-corrected chi connectivity index (χ2v) is 4.49. The van der Waals surface area contributed by atoms with Gasteiger partial charge in [0.2, 0.25) is 0 Å². The van der Waals surface area contributed by atoms with Gasteiger partial charge in [0, 0.05) is 5.56 Å². The number of hydrogen-bond acceptors (Lipinski definition) is 1. The standard InChI is InChI=1S/C12H9BrF2O/c13-9(12-5-2-6-16-12)7-8-10(14)3-1-4-11(8)15/h1-6,9H,7H2. The number of hydrogen-bond donors (Lipinski definition) is 0. The zero-order chi connectivity index (χ0) is 11.5. The molecular formula is C12H9BrF2O. The van der Waals surface area contributed by atoms with Gasteiger partial charge in [-0.25, -0.2) is 8.78 Å². The van der Waals surface area contributed by atoms with Crippen LogP contribution < -0.4 is 0 Å². The SMILES string of the molecule is Fc1cccc(F)c1CC(Br)c1ccco1. The molecule has 0 bridgehead atoms. The lowest BCUT2D eigenvalue weighted by molar-refractivity contribution is 0.497. The maximum Gasteiger partial charge on any atom is 0.129 e. The number of benzene rings is 1. The molecule has 0 spiro atoms. The van der Waals surface area contributed by atoms with Gasteiger partial charge < -0.3 is 4.42 Å². The molecule has 1 aromatic carbocycles. The van der Waals surface area contributed by atoms with E-state index in [-0.39, 0.29) is 16.8 Å². The maximum atomic E-state index is 13.4. The topological polar surface area (TPSA) is 13.1 Å². The summed E-state index contributed by atoms with van der Waals surface area (Å²) in [7, 11) is 0. The fourth-order valence-corrected chi connectivity index (χ4v) is 2.06. The zero-order valence-corrected chi connectivity index (χ0v) is 9.88. The van der Waals surface area contributed by atoms with Crippen LogP contribution in [-0.4, -0.2) is 0 Å². The molecule has 4 heteroatoms. The van der Waals surface area contributed by atoms with Gasteiger partial charge in [-0.1, -0.05) is 22.0 Å². The highest BCUT2D eigenvalue weighted by Gasteiger charge is 2.16. The Kier molecular flexibility index (Phi) is 3.39. The number of halogens is 3. The molecule has 1 aromatic heterocycles. The van der Waals surface area contributed by atoms with E-state index in [0.717, 1.165) is 0 Å². The summed E-state index contributed by atoms with van der Waals surface area (Å²) in [6.07, 6.45) is 1.74. The van der Waals surface area contributed by atoms with Crippen LogP contribution in [-0.2, 0) is 6.42 Å². The van der Waals surface area contributed by atoms with Gasteiger partial charge in [0.05, 0.1) is 11.1 Å². The molecule has 0 saturated heterocycles. The Morgan fingerprint density at radius 1 is 1.12 bits per heavy atom. The highest BCUT2D eigenvalue weighted by molar-refractivity contribution is 9.09. The Labute approximate surface area is 100 Å². The predicted octanol–water partition coefficient (Wildman–Crippen LogP) is 4.24. The zero-order valence-electron chi connectivity index (χ0n) is 8.29. The van der Waals surface area contributed by atoms with Gasteiger partial charge in [-0.3, -0.25) is 0 Å². The molecule has 84 valence electrons. The van der Waals surface area contributed by atoms with Gasteiger partial charge in [0.15, 0.2) is 0 Å². The summed E-state index contributed by atoms with van der Waals surface area (Å²) >= 11 is 3.34. The van der Waals surface area contributed by atoms with Crippen molar-refractivity contribution < 1.29 is 13.2 Å². The fraction of sp³-hybridized carbons (Fsp3) is 0.167. The van der Waals surface area contributed by atoms with Crippen molar-refractivity contribution in [2.24, 2.45) is 0 Å². The lowest BCUT2D eigenvalue weighted by Gasteiger charge is -2.08. The van der Waals surface area contributed by atoms with Crippen molar-refractivity contribution in [3.63, 3.8) is 0 Å². The first kappa shape index (κ1) is 11.3. The van der Waals surface area contributed by atoms with E-state index in [1.165, 1.54) is 24.5 Å². The van der Waals surface area contributed by atoms with Crippen molar-refractivity contribution in [1.82, 2.24) is 0 Å². The quantitative estimate of drug-likeness (QED) is 0.770. The van der Waals surface area contributed by atoms with Crippen LogP contribution in [0.3, 0.4) is 0 Å². The smallest absolute Gasteiger partial charge is 0.129 e. The summed E-state index contributed by atoms with van der Waals surface area (Å²) in [4.78, 5) is -0.228. The number of furan rings is 1. The van der Waals surface area contributed by atoms with Crippen molar-refractivity contribution in [3.05, 3.63) is 59.6 Å². The molecule has 0 radical (unpaired) electrons. The normalized spacial score (nSPS) is 12.7. The summed E-state index contributed by atoms with van der Waals surface area (Å²) in [6, 6.07) is 7.35. The van der Waals surface area contributed by atoms with E-state index in [1.807, 2.05) is 0 Å². The van der Waals surface area contributed by atoms with E-state index in [0.29, 0.717) is 5.76 Å². The van der Waals surface area contributed by atoms with Crippen molar-refractivity contribution in [3.8, 4) is 0 Å². The average molecular weight is 287 g/mol. The lowest BCUT2D eigenvalue weighted by atomic mass is 10.1. The van der Waals surface area contributed by atoms with E-state index in [1.54, 1.807) is 12.1 Å². The second-order valence-electron chi connectivity index (χ2n) is 3.39. The minimum atomic E-state index is -0.531. The van der Waals surface area contributed by atoms with Crippen molar-refractivity contribution in [1.29, 1.82) is 0 Å². The molecule has 2 rings (SSSR count). The third-order valence-electron chi connectivity index (χ3n) is 2.30. The summed E-state index contributed by atoms with van der Waals surface area (Å²) in [5.74, 6) is -0.408. The molecular weight excluding hydrogens is 278 g/mol. The van der Waals surface area contributed by atoms with Gasteiger partial charge in [0.1, 0.15) is 17.4 Å². The van der Waals surface area contributed by atoms with Gasteiger partial charge in [-0.05, 0) is 30.7 Å². The molecule has 0 amide bonds. The summed E-state index contributed by atoms with van der Waals surface area (Å²) in [5, 5.41) is 0. The molecule has 1 unspecified atom stereocenters. The van der Waals surface area contributed by atoms with Crippen molar-refractivity contribution in [2.45, 2.75) is 11.2 Å². The molecule has 0 N–H and O–H groups in total. The highest BCUT2D eigenvalue weighted by atomic mass is 79.9. The largest absolute Gasteiger partial charge is 0.468 e. The van der Waals surface area contributed by atoms with Gasteiger partial charge in [-0.15, -0.1) is 0 Å². The van der Waals surface area contributed by atoms with E-state index in [4.69, 9.17) is 4.42 Å². The lowest BCUT2D eigenvalue weighted by Crippen LogP contribution is -2.00. The van der Waals surface area contributed by atoms with Crippen LogP contribution in [0.4, 0.5) is 8.78 Å². The molecule has 0 aliphatic heterocycles. The first-order valence-corrected chi connectivity index (χ1v) is 5.70. The van der Waals surface area contributed by atoms with E-state index >= 15 is 0 Å². The van der Waals surface area contributed by atoms with E-state index in [2.05, 4.69) is 15.9 Å². The minimum absolute atomic E-state index is 0.0702. The van der Waals surface area contributed by atoms with Crippen LogP contribution in [0.25, 0.3) is 0 Å². The van der Waals surface area contributed by atoms with Gasteiger partial charge in [0.25, 0.3) is 0 Å². The molecule has 1 heterocycles. The van der Waals surface area contributed by atoms with Gasteiger partial charge in [-0.2, -0.15) is 0 Å². The Balaban J connectivity index is 2.21. The molecule has 1 nitrogen and oxygen atoms in total. The van der Waals surface area contributed by atoms with E-state index in [9.17, 15) is 8.78 Å². The van der Waals surface area contributed by atoms with Crippen LogP contribution in [0.15, 0.2) is 41.0 Å².